The van der Waals surface area contributed by atoms with Crippen LogP contribution in [0.3, 0.4) is 0 Å². The molecule has 3 rings (SSSR count). The number of likely N-dealkylation sites (tertiary alicyclic amines) is 1. The lowest BCUT2D eigenvalue weighted by Gasteiger charge is -2.24. The molecule has 110 valence electrons. The molecule has 2 aromatic rings. The van der Waals surface area contributed by atoms with Gasteiger partial charge in [-0.1, -0.05) is 12.1 Å². The fraction of sp³-hybridized carbons (Fsp3) is 0.333. The number of hydrogen-bond donors (Lipinski definition) is 2. The third-order valence-corrected chi connectivity index (χ3v) is 3.71. The van der Waals surface area contributed by atoms with Gasteiger partial charge in [-0.15, -0.1) is 0 Å². The summed E-state index contributed by atoms with van der Waals surface area (Å²) in [5.74, 6) is 0.0699. The molecule has 0 aliphatic carbocycles. The second kappa shape index (κ2) is 5.29. The molecule has 1 saturated heterocycles. The van der Waals surface area contributed by atoms with Crippen molar-refractivity contribution in [3.05, 3.63) is 53.4 Å². The van der Waals surface area contributed by atoms with Gasteiger partial charge in [0.15, 0.2) is 0 Å². The molecule has 1 aliphatic heterocycles. The summed E-state index contributed by atoms with van der Waals surface area (Å²) in [6.07, 6.45) is 1.28. The Labute approximate surface area is 121 Å². The van der Waals surface area contributed by atoms with Crippen molar-refractivity contribution in [3.8, 4) is 0 Å². The number of nitrogens with one attached hydrogen (secondary N) is 1. The number of aliphatic hydroxyl groups excluding tert-OH is 1. The van der Waals surface area contributed by atoms with E-state index in [1.165, 1.54) is 18.3 Å². The van der Waals surface area contributed by atoms with Crippen molar-refractivity contribution in [1.29, 1.82) is 0 Å². The number of rotatable bonds is 2. The Kier molecular flexibility index (Phi) is 3.47. The summed E-state index contributed by atoms with van der Waals surface area (Å²) < 4.78 is 13.4. The lowest BCUT2D eigenvalue weighted by molar-refractivity contribution is 0.0710. The summed E-state index contributed by atoms with van der Waals surface area (Å²) in [6.45, 7) is 2.00. The van der Waals surface area contributed by atoms with Gasteiger partial charge in [0.05, 0.1) is 18.3 Å². The van der Waals surface area contributed by atoms with E-state index in [2.05, 4.69) is 9.97 Å². The van der Waals surface area contributed by atoms with Crippen LogP contribution in [0.4, 0.5) is 4.39 Å². The predicted octanol–water partition coefficient (Wildman–Crippen LogP) is 1.81. The van der Waals surface area contributed by atoms with Crippen LogP contribution in [0.1, 0.15) is 34.3 Å². The van der Waals surface area contributed by atoms with E-state index in [1.54, 1.807) is 24.0 Å². The van der Waals surface area contributed by atoms with Crippen LogP contribution in [0.5, 0.6) is 0 Å². The molecular weight excluding hydrogens is 273 g/mol. The smallest absolute Gasteiger partial charge is 0.272 e. The van der Waals surface area contributed by atoms with E-state index in [0.717, 1.165) is 0 Å². The molecule has 2 heterocycles. The van der Waals surface area contributed by atoms with E-state index < -0.39 is 6.10 Å². The summed E-state index contributed by atoms with van der Waals surface area (Å²) >= 11 is 0. The average molecular weight is 289 g/mol. The third-order valence-electron chi connectivity index (χ3n) is 3.71. The molecule has 1 aliphatic rings. The number of aryl methyl sites for hydroxylation is 1. The Morgan fingerprint density at radius 2 is 2.33 bits per heavy atom. The van der Waals surface area contributed by atoms with Crippen molar-refractivity contribution in [1.82, 2.24) is 14.9 Å². The molecule has 6 heteroatoms. The van der Waals surface area contributed by atoms with Crippen LogP contribution in [0.25, 0.3) is 0 Å². The largest absolute Gasteiger partial charge is 0.391 e. The topological polar surface area (TPSA) is 69.2 Å². The number of aliphatic hydroxyl groups is 1. The number of carbonyl (C=O) groups excluding carboxylic acids is 1. The number of halogens is 1. The standard InChI is InChI=1S/C15H16FN3O2/c1-9-17-7-13(18-9)15(21)19-8-12(20)6-14(19)10-3-2-4-11(16)5-10/h2-5,7,12,14,20H,6,8H2,1H3,(H,17,18). The number of imidazole rings is 1. The minimum Gasteiger partial charge on any atom is -0.391 e. The number of carbonyl (C=O) groups is 1. The second-order valence-electron chi connectivity index (χ2n) is 5.30. The molecule has 2 unspecified atom stereocenters. The number of amides is 1. The van der Waals surface area contributed by atoms with Gasteiger partial charge in [0, 0.05) is 6.54 Å². The SMILES string of the molecule is Cc1ncc(C(=O)N2CC(O)CC2c2cccc(F)c2)[nH]1. The Morgan fingerprint density at radius 1 is 1.52 bits per heavy atom. The van der Waals surface area contributed by atoms with Gasteiger partial charge in [-0.05, 0) is 31.0 Å². The van der Waals surface area contributed by atoms with E-state index in [9.17, 15) is 14.3 Å². The molecule has 2 N–H and O–H groups in total. The van der Waals surface area contributed by atoms with Crippen LogP contribution < -0.4 is 0 Å². The Bertz CT molecular complexity index is 670. The van der Waals surface area contributed by atoms with Crippen molar-refractivity contribution in [3.63, 3.8) is 0 Å². The molecule has 1 aromatic heterocycles. The molecule has 1 amide bonds. The number of hydrogen-bond acceptors (Lipinski definition) is 3. The number of aromatic amines is 1. The van der Waals surface area contributed by atoms with Gasteiger partial charge in [0.25, 0.3) is 5.91 Å². The molecule has 2 atom stereocenters. The highest BCUT2D eigenvalue weighted by Crippen LogP contribution is 2.33. The van der Waals surface area contributed by atoms with E-state index >= 15 is 0 Å². The van der Waals surface area contributed by atoms with Gasteiger partial charge in [0.1, 0.15) is 17.3 Å². The fourth-order valence-corrected chi connectivity index (χ4v) is 2.75. The van der Waals surface area contributed by atoms with Crippen molar-refractivity contribution in [2.45, 2.75) is 25.5 Å². The molecular formula is C15H16FN3O2. The zero-order valence-electron chi connectivity index (χ0n) is 11.6. The summed E-state index contributed by atoms with van der Waals surface area (Å²) in [5.41, 5.74) is 1.07. The first-order chi connectivity index (χ1) is 10.0. The van der Waals surface area contributed by atoms with Crippen LogP contribution in [0, 0.1) is 12.7 Å². The van der Waals surface area contributed by atoms with Gasteiger partial charge >= 0.3 is 0 Å². The van der Waals surface area contributed by atoms with E-state index in [4.69, 9.17) is 0 Å². The first kappa shape index (κ1) is 13.8. The minimum atomic E-state index is -0.605. The highest BCUT2D eigenvalue weighted by molar-refractivity contribution is 5.92. The normalized spacial score (nSPS) is 21.8. The van der Waals surface area contributed by atoms with Crippen LogP contribution in [0.2, 0.25) is 0 Å². The first-order valence-electron chi connectivity index (χ1n) is 6.80. The average Bonchev–Trinajstić information content (AvgIpc) is 3.04. The van der Waals surface area contributed by atoms with Crippen LogP contribution >= 0.6 is 0 Å². The maximum Gasteiger partial charge on any atom is 0.272 e. The summed E-state index contributed by atoms with van der Waals surface area (Å²) in [5, 5.41) is 9.89. The third kappa shape index (κ3) is 2.67. The molecule has 21 heavy (non-hydrogen) atoms. The van der Waals surface area contributed by atoms with E-state index in [0.29, 0.717) is 23.5 Å². The zero-order valence-corrected chi connectivity index (χ0v) is 11.6. The quantitative estimate of drug-likeness (QED) is 0.886. The monoisotopic (exact) mass is 289 g/mol. The van der Waals surface area contributed by atoms with Gasteiger partial charge in [-0.2, -0.15) is 0 Å². The van der Waals surface area contributed by atoms with Gasteiger partial charge in [-0.25, -0.2) is 9.37 Å². The van der Waals surface area contributed by atoms with Crippen LogP contribution in [0.15, 0.2) is 30.5 Å². The Morgan fingerprint density at radius 3 is 3.00 bits per heavy atom. The highest BCUT2D eigenvalue weighted by atomic mass is 19.1. The fourth-order valence-electron chi connectivity index (χ4n) is 2.75. The molecule has 1 aromatic carbocycles. The van der Waals surface area contributed by atoms with E-state index in [-0.39, 0.29) is 24.3 Å². The second-order valence-corrected chi connectivity index (χ2v) is 5.30. The highest BCUT2D eigenvalue weighted by Gasteiger charge is 2.36. The maximum absolute atomic E-state index is 13.4. The van der Waals surface area contributed by atoms with Crippen LogP contribution in [-0.2, 0) is 0 Å². The Balaban J connectivity index is 1.91. The molecule has 1 fully saturated rings. The predicted molar refractivity (Wildman–Crippen MR) is 74.1 cm³/mol. The van der Waals surface area contributed by atoms with Crippen molar-refractivity contribution >= 4 is 5.91 Å². The molecule has 5 nitrogen and oxygen atoms in total. The van der Waals surface area contributed by atoms with E-state index in [1.807, 2.05) is 0 Å². The van der Waals surface area contributed by atoms with Crippen molar-refractivity contribution in [2.75, 3.05) is 6.54 Å². The zero-order chi connectivity index (χ0) is 15.0. The van der Waals surface area contributed by atoms with Crippen molar-refractivity contribution in [2.24, 2.45) is 0 Å². The number of H-pyrrole nitrogens is 1. The van der Waals surface area contributed by atoms with Gasteiger partial charge in [-0.3, -0.25) is 4.79 Å². The van der Waals surface area contributed by atoms with Gasteiger partial charge in [0.2, 0.25) is 0 Å². The summed E-state index contributed by atoms with van der Waals surface area (Å²) in [6, 6.07) is 5.81. The number of β-amino-alcohol motifs (C(OH)–C–C–N with tert-alkyl or cyclic N) is 1. The maximum atomic E-state index is 13.4. The Hall–Kier alpha value is -2.21. The minimum absolute atomic E-state index is 0.234. The lowest BCUT2D eigenvalue weighted by Crippen LogP contribution is -2.32. The van der Waals surface area contributed by atoms with Crippen LogP contribution in [-0.4, -0.2) is 38.5 Å². The van der Waals surface area contributed by atoms with Crippen molar-refractivity contribution < 1.29 is 14.3 Å². The molecule has 0 bridgehead atoms. The van der Waals surface area contributed by atoms with Gasteiger partial charge < -0.3 is 15.0 Å². The lowest BCUT2D eigenvalue weighted by atomic mass is 10.0. The summed E-state index contributed by atoms with van der Waals surface area (Å²) in [7, 11) is 0. The number of nitrogens with zero attached hydrogens (tertiary/aromatic N) is 2. The summed E-state index contributed by atoms with van der Waals surface area (Å²) in [4.78, 5) is 21.0. The molecule has 0 spiro atoms. The molecule has 0 radical (unpaired) electrons. The molecule has 0 saturated carbocycles. The number of aromatic nitrogens is 2. The number of benzene rings is 1. The first-order valence-corrected chi connectivity index (χ1v) is 6.80.